The average molecular weight is 580 g/mol. The normalized spacial score (nSPS) is 22.0. The van der Waals surface area contributed by atoms with Crippen molar-refractivity contribution in [1.82, 2.24) is 14.5 Å². The van der Waals surface area contributed by atoms with Crippen LogP contribution in [0.2, 0.25) is 0 Å². The Morgan fingerprint density at radius 1 is 1.07 bits per heavy atom. The Balaban J connectivity index is 0.000000302. The van der Waals surface area contributed by atoms with Crippen LogP contribution in [0.4, 0.5) is 0 Å². The van der Waals surface area contributed by atoms with Crippen LogP contribution in [-0.4, -0.2) is 101 Å². The molecule has 0 aliphatic carbocycles. The molecule has 0 spiro atoms. The van der Waals surface area contributed by atoms with Crippen LogP contribution >= 0.6 is 0 Å². The maximum absolute atomic E-state index is 11.3. The summed E-state index contributed by atoms with van der Waals surface area (Å²) >= 11 is 0. The smallest absolute Gasteiger partial charge is 0.336 e. The number of hydrogen-bond acceptors (Lipinski definition) is 10. The number of imidazole rings is 1. The molecule has 0 radical (unpaired) electrons. The van der Waals surface area contributed by atoms with Gasteiger partial charge in [-0.1, -0.05) is 6.07 Å². The Morgan fingerprint density at radius 3 is 2.15 bits per heavy atom. The summed E-state index contributed by atoms with van der Waals surface area (Å²) in [7, 11) is 3.57. The van der Waals surface area contributed by atoms with Crippen molar-refractivity contribution < 1.29 is 54.5 Å². The number of carboxylic acids is 3. The number of benzene rings is 1. The van der Waals surface area contributed by atoms with Crippen LogP contribution in [0, 0.1) is 0 Å². The summed E-state index contributed by atoms with van der Waals surface area (Å²) < 4.78 is 12.9. The van der Waals surface area contributed by atoms with Crippen molar-refractivity contribution in [3.05, 3.63) is 42.0 Å². The first kappa shape index (κ1) is 31.8. The van der Waals surface area contributed by atoms with E-state index in [1.165, 1.54) is 0 Å². The third-order valence-corrected chi connectivity index (χ3v) is 7.38. The molecule has 2 aromatic rings. The van der Waals surface area contributed by atoms with Gasteiger partial charge in [-0.3, -0.25) is 14.5 Å². The maximum Gasteiger partial charge on any atom is 0.336 e. The number of carbonyl (C=O) groups is 3. The second kappa shape index (κ2) is 13.3. The van der Waals surface area contributed by atoms with Gasteiger partial charge >= 0.3 is 17.9 Å². The zero-order valence-electron chi connectivity index (χ0n) is 23.0. The zero-order valence-corrected chi connectivity index (χ0v) is 23.0. The van der Waals surface area contributed by atoms with Crippen molar-refractivity contribution in [1.29, 1.82) is 0 Å². The Bertz CT molecular complexity index is 1200. The van der Waals surface area contributed by atoms with Crippen LogP contribution in [0.5, 0.6) is 11.5 Å². The fourth-order valence-electron chi connectivity index (χ4n) is 5.58. The van der Waals surface area contributed by atoms with Gasteiger partial charge in [0, 0.05) is 38.1 Å². The molecule has 226 valence electrons. The third-order valence-electron chi connectivity index (χ3n) is 7.38. The van der Waals surface area contributed by atoms with E-state index in [2.05, 4.69) is 9.88 Å². The van der Waals surface area contributed by atoms with Crippen LogP contribution in [0.3, 0.4) is 0 Å². The lowest BCUT2D eigenvalue weighted by Gasteiger charge is -2.43. The monoisotopic (exact) mass is 579 g/mol. The molecular weight excluding hydrogens is 542 g/mol. The van der Waals surface area contributed by atoms with E-state index in [0.29, 0.717) is 36.4 Å². The number of aromatic nitrogens is 2. The van der Waals surface area contributed by atoms with Crippen LogP contribution in [0.1, 0.15) is 49.9 Å². The number of aryl methyl sites for hydroxylation is 1. The van der Waals surface area contributed by atoms with Gasteiger partial charge in [-0.25, -0.2) is 9.78 Å². The van der Waals surface area contributed by atoms with Crippen molar-refractivity contribution in [3.8, 4) is 11.5 Å². The van der Waals surface area contributed by atoms with Crippen LogP contribution in [0.25, 0.3) is 0 Å². The number of ether oxygens (including phenoxy) is 2. The number of nitrogens with zero attached hydrogens (tertiary/aromatic N) is 3. The van der Waals surface area contributed by atoms with Crippen molar-refractivity contribution in [3.63, 3.8) is 0 Å². The van der Waals surface area contributed by atoms with Crippen molar-refractivity contribution in [2.75, 3.05) is 20.3 Å². The van der Waals surface area contributed by atoms with Crippen molar-refractivity contribution in [2.24, 2.45) is 7.05 Å². The molecular formula is C27H37N3O11. The Labute approximate surface area is 236 Å². The number of rotatable bonds is 12. The number of aliphatic hydroxyl groups excluding tert-OH is 1. The number of aliphatic hydroxyl groups is 3. The highest BCUT2D eigenvalue weighted by atomic mass is 16.5. The van der Waals surface area contributed by atoms with E-state index >= 15 is 0 Å². The molecule has 0 amide bonds. The van der Waals surface area contributed by atoms with Gasteiger partial charge in [0.1, 0.15) is 18.0 Å². The summed E-state index contributed by atoms with van der Waals surface area (Å²) in [5.41, 5.74) is -2.43. The van der Waals surface area contributed by atoms with Crippen LogP contribution in [0.15, 0.2) is 30.6 Å². The lowest BCUT2D eigenvalue weighted by atomic mass is 9.85. The molecule has 2 unspecified atom stereocenters. The summed E-state index contributed by atoms with van der Waals surface area (Å²) in [6, 6.07) is 6.65. The molecule has 2 atom stereocenters. The topological polar surface area (TPSA) is 212 Å². The second-order valence-electron chi connectivity index (χ2n) is 10.4. The lowest BCUT2D eigenvalue weighted by Crippen LogP contribution is -2.50. The number of fused-ring (bicyclic) bond motifs is 2. The zero-order chi connectivity index (χ0) is 30.4. The molecule has 4 rings (SSSR count). The minimum atomic E-state index is -2.74. The van der Waals surface area contributed by atoms with E-state index in [4.69, 9.17) is 35.0 Å². The number of methoxy groups -OCH3 is 1. The Hall–Kier alpha value is -3.72. The molecule has 0 saturated carbocycles. The molecule has 1 aromatic heterocycles. The Morgan fingerprint density at radius 2 is 1.68 bits per heavy atom. The Kier molecular flexibility index (Phi) is 10.3. The van der Waals surface area contributed by atoms with Crippen molar-refractivity contribution in [2.45, 2.75) is 68.4 Å². The highest BCUT2D eigenvalue weighted by Crippen LogP contribution is 2.46. The standard InChI is InChI=1S/C21H29N3O4.C6H8O7/c1-23-8-7-22-20(23)21(26)12-16-4-5-17(13-21)24(16)14-15-3-6-18(28-10-9-25)19(11-15)27-2;7-3(8)1-6(13,5(11)12)2-4(9)10/h3,6-8,11,16-17,25-26H,4-5,9-10,12-14H2,1-2H3;13H,1-2H2,(H,7,8)(H,9,10)(H,11,12). The first-order chi connectivity index (χ1) is 19.3. The molecule has 41 heavy (non-hydrogen) atoms. The third kappa shape index (κ3) is 7.73. The highest BCUT2D eigenvalue weighted by Gasteiger charge is 2.49. The largest absolute Gasteiger partial charge is 0.493 e. The van der Waals surface area contributed by atoms with Crippen LogP contribution in [-0.2, 0) is 33.6 Å². The molecule has 14 heteroatoms. The maximum atomic E-state index is 11.3. The molecule has 2 fully saturated rings. The molecule has 2 bridgehead atoms. The van der Waals surface area contributed by atoms with Gasteiger partial charge in [-0.05, 0) is 43.4 Å². The van der Waals surface area contributed by atoms with Gasteiger partial charge in [0.25, 0.3) is 0 Å². The summed E-state index contributed by atoms with van der Waals surface area (Å²) in [6.45, 7) is 1.04. The predicted molar refractivity (Wildman–Crippen MR) is 141 cm³/mol. The number of hydrogen-bond donors (Lipinski definition) is 6. The van der Waals surface area contributed by atoms with E-state index in [9.17, 15) is 19.5 Å². The van der Waals surface area contributed by atoms with E-state index in [0.717, 1.165) is 30.8 Å². The highest BCUT2D eigenvalue weighted by molar-refractivity contribution is 5.88. The first-order valence-corrected chi connectivity index (χ1v) is 13.1. The quantitative estimate of drug-likeness (QED) is 0.203. The molecule has 6 N–H and O–H groups in total. The SMILES string of the molecule is COc1cc(CN2C3CCC2CC(O)(c2nccn2C)C3)ccc1OCCO.O=C(O)CC(O)(CC(=O)O)C(=O)O. The fourth-order valence-corrected chi connectivity index (χ4v) is 5.58. The number of aliphatic carboxylic acids is 3. The predicted octanol–water partition coefficient (Wildman–Crippen LogP) is 0.566. The summed E-state index contributed by atoms with van der Waals surface area (Å²) in [5, 5.41) is 54.1. The molecule has 2 aliphatic heterocycles. The minimum Gasteiger partial charge on any atom is -0.493 e. The number of carboxylic acid groups (broad SMARTS) is 3. The molecule has 2 saturated heterocycles. The fraction of sp³-hybridized carbons (Fsp3) is 0.556. The first-order valence-electron chi connectivity index (χ1n) is 13.1. The van der Waals surface area contributed by atoms with Gasteiger partial charge < -0.3 is 44.7 Å². The minimum absolute atomic E-state index is 0.0268. The van der Waals surface area contributed by atoms with Gasteiger partial charge in [0.15, 0.2) is 17.1 Å². The van der Waals surface area contributed by atoms with Gasteiger partial charge in [-0.2, -0.15) is 0 Å². The lowest BCUT2D eigenvalue weighted by molar-refractivity contribution is -0.170. The van der Waals surface area contributed by atoms with E-state index in [-0.39, 0.29) is 13.2 Å². The van der Waals surface area contributed by atoms with Gasteiger partial charge in [0.2, 0.25) is 0 Å². The average Bonchev–Trinajstić information content (AvgIpc) is 3.43. The van der Waals surface area contributed by atoms with Gasteiger partial charge in [-0.15, -0.1) is 0 Å². The molecule has 2 aliphatic rings. The molecule has 14 nitrogen and oxygen atoms in total. The summed E-state index contributed by atoms with van der Waals surface area (Å²) in [6.07, 6.45) is 5.00. The van der Waals surface area contributed by atoms with Crippen molar-refractivity contribution >= 4 is 17.9 Å². The molecule has 1 aromatic carbocycles. The summed E-state index contributed by atoms with van der Waals surface area (Å²) in [4.78, 5) is 37.4. The second-order valence-corrected chi connectivity index (χ2v) is 10.4. The summed E-state index contributed by atoms with van der Waals surface area (Å²) in [5.74, 6) is -2.92. The van der Waals surface area contributed by atoms with E-state index in [1.54, 1.807) is 13.3 Å². The van der Waals surface area contributed by atoms with E-state index in [1.807, 2.05) is 36.0 Å². The molecule has 3 heterocycles. The van der Waals surface area contributed by atoms with E-state index < -0.39 is 42.0 Å². The van der Waals surface area contributed by atoms with Crippen LogP contribution < -0.4 is 9.47 Å². The van der Waals surface area contributed by atoms with Gasteiger partial charge in [0.05, 0.1) is 26.6 Å². The number of piperidine rings is 1.